The van der Waals surface area contributed by atoms with Crippen LogP contribution < -0.4 is 9.62 Å². The largest absolute Gasteiger partial charge is 0.312 e. The molecule has 0 bridgehead atoms. The molecule has 1 N–H and O–H groups in total. The first-order chi connectivity index (χ1) is 10.9. The van der Waals surface area contributed by atoms with Crippen LogP contribution in [0.3, 0.4) is 0 Å². The SMILES string of the molecule is CC(=O)N1CCc2cc(NS(=O)(=O)c3ccccc3F)ccc21. The molecule has 2 aromatic carbocycles. The van der Waals surface area contributed by atoms with Crippen molar-refractivity contribution in [2.75, 3.05) is 16.2 Å². The normalized spacial score (nSPS) is 13.7. The van der Waals surface area contributed by atoms with Gasteiger partial charge < -0.3 is 4.90 Å². The summed E-state index contributed by atoms with van der Waals surface area (Å²) >= 11 is 0. The molecule has 5 nitrogen and oxygen atoms in total. The highest BCUT2D eigenvalue weighted by Gasteiger charge is 2.24. The third kappa shape index (κ3) is 2.92. The van der Waals surface area contributed by atoms with Gasteiger partial charge in [0, 0.05) is 24.8 Å². The van der Waals surface area contributed by atoms with Crippen LogP contribution in [0.15, 0.2) is 47.4 Å². The number of carbonyl (C=O) groups is 1. The van der Waals surface area contributed by atoms with E-state index in [0.29, 0.717) is 18.7 Å². The van der Waals surface area contributed by atoms with Crippen molar-refractivity contribution in [2.45, 2.75) is 18.2 Å². The predicted octanol–water partition coefficient (Wildman–Crippen LogP) is 2.54. The van der Waals surface area contributed by atoms with Crippen LogP contribution in [0.1, 0.15) is 12.5 Å². The van der Waals surface area contributed by atoms with Gasteiger partial charge in [0.25, 0.3) is 10.0 Å². The molecule has 1 aliphatic rings. The van der Waals surface area contributed by atoms with E-state index in [9.17, 15) is 17.6 Å². The fraction of sp³-hybridized carbons (Fsp3) is 0.188. The Bertz CT molecular complexity index is 881. The third-order valence-electron chi connectivity index (χ3n) is 3.73. The molecule has 0 spiro atoms. The quantitative estimate of drug-likeness (QED) is 0.938. The van der Waals surface area contributed by atoms with E-state index in [-0.39, 0.29) is 5.91 Å². The number of hydrogen-bond donors (Lipinski definition) is 1. The molecular formula is C16H15FN2O3S. The number of fused-ring (bicyclic) bond motifs is 1. The lowest BCUT2D eigenvalue weighted by Crippen LogP contribution is -2.25. The highest BCUT2D eigenvalue weighted by molar-refractivity contribution is 7.92. The Morgan fingerprint density at radius 2 is 1.96 bits per heavy atom. The number of halogens is 1. The van der Waals surface area contributed by atoms with E-state index in [1.54, 1.807) is 23.1 Å². The molecule has 0 unspecified atom stereocenters. The summed E-state index contributed by atoms with van der Waals surface area (Å²) in [4.78, 5) is 12.8. The van der Waals surface area contributed by atoms with E-state index in [0.717, 1.165) is 17.3 Å². The summed E-state index contributed by atoms with van der Waals surface area (Å²) in [5, 5.41) is 0. The molecule has 23 heavy (non-hydrogen) atoms. The molecule has 120 valence electrons. The Kier molecular flexibility index (Phi) is 3.81. The lowest BCUT2D eigenvalue weighted by atomic mass is 10.1. The Morgan fingerprint density at radius 3 is 2.65 bits per heavy atom. The van der Waals surface area contributed by atoms with Gasteiger partial charge in [-0.2, -0.15) is 0 Å². The van der Waals surface area contributed by atoms with Crippen LogP contribution in [0.4, 0.5) is 15.8 Å². The zero-order valence-electron chi connectivity index (χ0n) is 12.4. The van der Waals surface area contributed by atoms with E-state index < -0.39 is 20.7 Å². The number of nitrogens with zero attached hydrogens (tertiary/aromatic N) is 1. The summed E-state index contributed by atoms with van der Waals surface area (Å²) in [6, 6.07) is 10.1. The fourth-order valence-corrected chi connectivity index (χ4v) is 3.79. The van der Waals surface area contributed by atoms with E-state index in [1.807, 2.05) is 0 Å². The molecule has 0 fully saturated rings. The van der Waals surface area contributed by atoms with E-state index >= 15 is 0 Å². The van der Waals surface area contributed by atoms with Crippen molar-refractivity contribution in [3.63, 3.8) is 0 Å². The minimum atomic E-state index is -4.00. The molecule has 2 aromatic rings. The molecule has 0 saturated carbocycles. The Labute approximate surface area is 133 Å². The van der Waals surface area contributed by atoms with E-state index in [2.05, 4.69) is 4.72 Å². The maximum Gasteiger partial charge on any atom is 0.264 e. The summed E-state index contributed by atoms with van der Waals surface area (Å²) in [5.41, 5.74) is 2.01. The first-order valence-electron chi connectivity index (χ1n) is 7.07. The molecule has 7 heteroatoms. The van der Waals surface area contributed by atoms with Crippen LogP contribution in [0.5, 0.6) is 0 Å². The summed E-state index contributed by atoms with van der Waals surface area (Å²) in [5.74, 6) is -0.854. The zero-order valence-corrected chi connectivity index (χ0v) is 13.2. The van der Waals surface area contributed by atoms with Crippen molar-refractivity contribution < 1.29 is 17.6 Å². The standard InChI is InChI=1S/C16H15FN2O3S/c1-11(20)19-9-8-12-10-13(6-7-15(12)19)18-23(21,22)16-5-3-2-4-14(16)17/h2-7,10,18H,8-9H2,1H3. The van der Waals surface area contributed by atoms with Gasteiger partial charge in [-0.25, -0.2) is 12.8 Å². The van der Waals surface area contributed by atoms with Crippen molar-refractivity contribution in [3.8, 4) is 0 Å². The second-order valence-corrected chi connectivity index (χ2v) is 6.95. The summed E-state index contributed by atoms with van der Waals surface area (Å²) in [6.45, 7) is 2.07. The second kappa shape index (κ2) is 5.66. The van der Waals surface area contributed by atoms with Gasteiger partial charge in [-0.3, -0.25) is 9.52 Å². The van der Waals surface area contributed by atoms with E-state index in [4.69, 9.17) is 0 Å². The third-order valence-corrected chi connectivity index (χ3v) is 5.15. The first-order valence-corrected chi connectivity index (χ1v) is 8.55. The summed E-state index contributed by atoms with van der Waals surface area (Å²) in [6.07, 6.45) is 0.657. The van der Waals surface area contributed by atoms with Crippen LogP contribution in [0.25, 0.3) is 0 Å². The maximum atomic E-state index is 13.7. The van der Waals surface area contributed by atoms with Gasteiger partial charge in [-0.1, -0.05) is 12.1 Å². The lowest BCUT2D eigenvalue weighted by Gasteiger charge is -2.15. The van der Waals surface area contributed by atoms with Crippen LogP contribution in [-0.2, 0) is 21.2 Å². The molecule has 0 aromatic heterocycles. The van der Waals surface area contributed by atoms with Gasteiger partial charge in [-0.05, 0) is 42.3 Å². The topological polar surface area (TPSA) is 66.5 Å². The number of benzene rings is 2. The number of amides is 1. The van der Waals surface area contributed by atoms with Crippen molar-refractivity contribution in [1.82, 2.24) is 0 Å². The van der Waals surface area contributed by atoms with Crippen LogP contribution in [-0.4, -0.2) is 20.9 Å². The van der Waals surface area contributed by atoms with Gasteiger partial charge in [0.1, 0.15) is 10.7 Å². The van der Waals surface area contributed by atoms with Gasteiger partial charge in [-0.15, -0.1) is 0 Å². The van der Waals surface area contributed by atoms with Crippen molar-refractivity contribution >= 4 is 27.3 Å². The molecular weight excluding hydrogens is 319 g/mol. The van der Waals surface area contributed by atoms with Gasteiger partial charge in [0.2, 0.25) is 5.91 Å². The maximum absolute atomic E-state index is 13.7. The minimum Gasteiger partial charge on any atom is -0.312 e. The molecule has 3 rings (SSSR count). The van der Waals surface area contributed by atoms with Crippen molar-refractivity contribution in [3.05, 3.63) is 53.8 Å². The molecule has 0 saturated heterocycles. The number of hydrogen-bond acceptors (Lipinski definition) is 3. The van der Waals surface area contributed by atoms with Crippen LogP contribution >= 0.6 is 0 Å². The van der Waals surface area contributed by atoms with Crippen molar-refractivity contribution in [2.24, 2.45) is 0 Å². The molecule has 0 aliphatic carbocycles. The Morgan fingerprint density at radius 1 is 1.22 bits per heavy atom. The number of carbonyl (C=O) groups excluding carboxylic acids is 1. The second-order valence-electron chi connectivity index (χ2n) is 5.30. The van der Waals surface area contributed by atoms with Gasteiger partial charge in [0.15, 0.2) is 0 Å². The lowest BCUT2D eigenvalue weighted by molar-refractivity contribution is -0.116. The molecule has 1 heterocycles. The Balaban J connectivity index is 1.90. The van der Waals surface area contributed by atoms with Crippen LogP contribution in [0.2, 0.25) is 0 Å². The molecule has 0 atom stereocenters. The monoisotopic (exact) mass is 334 g/mol. The minimum absolute atomic E-state index is 0.0524. The number of anilines is 2. The van der Waals surface area contributed by atoms with Crippen molar-refractivity contribution in [1.29, 1.82) is 0 Å². The molecule has 1 aliphatic heterocycles. The highest BCUT2D eigenvalue weighted by atomic mass is 32.2. The molecule has 0 radical (unpaired) electrons. The smallest absolute Gasteiger partial charge is 0.264 e. The zero-order chi connectivity index (χ0) is 16.6. The number of rotatable bonds is 3. The summed E-state index contributed by atoms with van der Waals surface area (Å²) < 4.78 is 40.6. The van der Waals surface area contributed by atoms with Crippen LogP contribution in [0, 0.1) is 5.82 Å². The van der Waals surface area contributed by atoms with Gasteiger partial charge >= 0.3 is 0 Å². The summed E-state index contributed by atoms with van der Waals surface area (Å²) in [7, 11) is -4.00. The predicted molar refractivity (Wildman–Crippen MR) is 85.4 cm³/mol. The molecule has 1 amide bonds. The fourth-order valence-electron chi connectivity index (χ4n) is 2.67. The number of sulfonamides is 1. The van der Waals surface area contributed by atoms with E-state index in [1.165, 1.54) is 25.1 Å². The highest BCUT2D eigenvalue weighted by Crippen LogP contribution is 2.31. The average molecular weight is 334 g/mol. The first kappa shape index (κ1) is 15.5. The van der Waals surface area contributed by atoms with Gasteiger partial charge in [0.05, 0.1) is 0 Å². The number of nitrogens with one attached hydrogen (secondary N) is 1. The Hall–Kier alpha value is -2.41. The average Bonchev–Trinajstić information content (AvgIpc) is 2.90.